The van der Waals surface area contributed by atoms with Gasteiger partial charge in [-0.25, -0.2) is 18.4 Å². The molecule has 7 nitrogen and oxygen atoms in total. The second-order valence-corrected chi connectivity index (χ2v) is 7.67. The van der Waals surface area contributed by atoms with Gasteiger partial charge in [-0.1, -0.05) is 26.0 Å². The summed E-state index contributed by atoms with van der Waals surface area (Å²) < 4.78 is 33.2. The van der Waals surface area contributed by atoms with Crippen LogP contribution in [0.1, 0.15) is 45.7 Å². The number of ketones is 1. The summed E-state index contributed by atoms with van der Waals surface area (Å²) in [5.74, 6) is -1.09. The van der Waals surface area contributed by atoms with Gasteiger partial charge >= 0.3 is 5.97 Å². The summed E-state index contributed by atoms with van der Waals surface area (Å²) in [6, 6.07) is 9.25. The minimum absolute atomic E-state index is 0.118. The van der Waals surface area contributed by atoms with Crippen LogP contribution in [0.2, 0.25) is 0 Å². The molecule has 0 aromatic heterocycles. The number of nitrogens with two attached hydrogens (primary N) is 1. The fourth-order valence-corrected chi connectivity index (χ4v) is 3.26. The van der Waals surface area contributed by atoms with Crippen molar-refractivity contribution in [2.75, 3.05) is 13.7 Å². The van der Waals surface area contributed by atoms with Crippen molar-refractivity contribution >= 4 is 21.8 Å². The van der Waals surface area contributed by atoms with Crippen LogP contribution in [-0.4, -0.2) is 33.9 Å². The van der Waals surface area contributed by atoms with Gasteiger partial charge in [-0.3, -0.25) is 4.79 Å². The van der Waals surface area contributed by atoms with E-state index in [0.717, 1.165) is 23.6 Å². The number of ether oxygens (including phenoxy) is 2. The highest BCUT2D eigenvalue weighted by Crippen LogP contribution is 2.23. The van der Waals surface area contributed by atoms with Crippen molar-refractivity contribution in [1.82, 2.24) is 0 Å². The van der Waals surface area contributed by atoms with Crippen LogP contribution in [0.3, 0.4) is 0 Å². The van der Waals surface area contributed by atoms with Crippen molar-refractivity contribution in [3.05, 3.63) is 58.7 Å². The van der Waals surface area contributed by atoms with Crippen molar-refractivity contribution < 1.29 is 27.5 Å². The van der Waals surface area contributed by atoms with Gasteiger partial charge in [-0.15, -0.1) is 0 Å². The zero-order valence-corrected chi connectivity index (χ0v) is 16.8. The van der Waals surface area contributed by atoms with E-state index < -0.39 is 22.6 Å². The number of carbonyl (C=O) groups is 2. The van der Waals surface area contributed by atoms with E-state index in [1.807, 2.05) is 26.0 Å². The van der Waals surface area contributed by atoms with E-state index in [0.29, 0.717) is 12.0 Å². The number of Topliss-reactive ketones (excluding diaryl/α,β-unsaturated/α-hetero) is 1. The summed E-state index contributed by atoms with van der Waals surface area (Å²) in [4.78, 5) is 24.8. The molecule has 2 aromatic carbocycles. The van der Waals surface area contributed by atoms with Crippen molar-refractivity contribution in [3.8, 4) is 5.75 Å². The number of hydrogen-bond acceptors (Lipinski definition) is 6. The van der Waals surface area contributed by atoms with Gasteiger partial charge in [-0.05, 0) is 48.2 Å². The van der Waals surface area contributed by atoms with Gasteiger partial charge in [-0.2, -0.15) is 0 Å². The largest absolute Gasteiger partial charge is 0.496 e. The first-order chi connectivity index (χ1) is 13.2. The van der Waals surface area contributed by atoms with E-state index in [2.05, 4.69) is 0 Å². The Balaban J connectivity index is 2.24. The number of carbonyl (C=O) groups excluding carboxylic acids is 2. The van der Waals surface area contributed by atoms with Gasteiger partial charge in [0, 0.05) is 5.56 Å². The maximum Gasteiger partial charge on any atom is 0.342 e. The third-order valence-corrected chi connectivity index (χ3v) is 5.23. The zero-order chi connectivity index (χ0) is 20.9. The Morgan fingerprint density at radius 1 is 1.00 bits per heavy atom. The minimum atomic E-state index is -4.01. The molecule has 0 aliphatic heterocycles. The molecule has 0 fully saturated rings. The lowest BCUT2D eigenvalue weighted by Gasteiger charge is -2.12. The molecule has 150 valence electrons. The second-order valence-electron chi connectivity index (χ2n) is 6.11. The third-order valence-electron chi connectivity index (χ3n) is 4.32. The molecule has 2 N–H and O–H groups in total. The molecule has 0 amide bonds. The summed E-state index contributed by atoms with van der Waals surface area (Å²) in [5.41, 5.74) is 2.27. The van der Waals surface area contributed by atoms with Crippen LogP contribution >= 0.6 is 0 Å². The highest BCUT2D eigenvalue weighted by Gasteiger charge is 2.20. The zero-order valence-electron chi connectivity index (χ0n) is 16.0. The lowest BCUT2D eigenvalue weighted by atomic mass is 9.98. The molecule has 0 radical (unpaired) electrons. The topological polar surface area (TPSA) is 113 Å². The number of aryl methyl sites for hydroxylation is 2. The molecule has 0 spiro atoms. The van der Waals surface area contributed by atoms with Crippen LogP contribution in [0.15, 0.2) is 41.3 Å². The molecule has 0 atom stereocenters. The highest BCUT2D eigenvalue weighted by molar-refractivity contribution is 7.89. The van der Waals surface area contributed by atoms with Gasteiger partial charge in [0.2, 0.25) is 15.8 Å². The molecule has 2 aromatic rings. The Morgan fingerprint density at radius 3 is 2.29 bits per heavy atom. The summed E-state index contributed by atoms with van der Waals surface area (Å²) >= 11 is 0. The smallest absolute Gasteiger partial charge is 0.342 e. The number of sulfonamides is 1. The molecular weight excluding hydrogens is 382 g/mol. The van der Waals surface area contributed by atoms with Crippen molar-refractivity contribution in [1.29, 1.82) is 0 Å². The van der Waals surface area contributed by atoms with Gasteiger partial charge in [0.05, 0.1) is 12.0 Å². The maximum atomic E-state index is 12.6. The molecule has 2 rings (SSSR count). The predicted octanol–water partition coefficient (Wildman–Crippen LogP) is 2.51. The molecule has 0 bridgehead atoms. The van der Waals surface area contributed by atoms with Crippen LogP contribution in [0.5, 0.6) is 5.75 Å². The summed E-state index contributed by atoms with van der Waals surface area (Å²) in [5, 5.41) is 5.10. The quantitative estimate of drug-likeness (QED) is 0.533. The van der Waals surface area contributed by atoms with E-state index in [1.165, 1.54) is 19.2 Å². The maximum absolute atomic E-state index is 12.6. The lowest BCUT2D eigenvalue weighted by Crippen LogP contribution is -2.18. The Hall–Kier alpha value is -2.71. The summed E-state index contributed by atoms with van der Waals surface area (Å²) in [6.45, 7) is 3.45. The number of benzene rings is 2. The number of hydrogen-bond donors (Lipinski definition) is 1. The van der Waals surface area contributed by atoms with E-state index in [4.69, 9.17) is 14.6 Å². The fourth-order valence-electron chi connectivity index (χ4n) is 2.72. The first-order valence-corrected chi connectivity index (χ1v) is 10.3. The molecule has 0 heterocycles. The van der Waals surface area contributed by atoms with Crippen LogP contribution in [0, 0.1) is 0 Å². The van der Waals surface area contributed by atoms with Crippen LogP contribution < -0.4 is 9.88 Å². The third kappa shape index (κ3) is 4.96. The number of primary sulfonamides is 1. The summed E-state index contributed by atoms with van der Waals surface area (Å²) in [6.07, 6.45) is 1.45. The van der Waals surface area contributed by atoms with Gasteiger partial charge in [0.1, 0.15) is 11.3 Å². The highest BCUT2D eigenvalue weighted by atomic mass is 32.2. The van der Waals surface area contributed by atoms with E-state index in [9.17, 15) is 18.0 Å². The number of rotatable bonds is 8. The average Bonchev–Trinajstić information content (AvgIpc) is 2.69. The fraction of sp³-hybridized carbons (Fsp3) is 0.300. The molecule has 0 unspecified atom stereocenters. The molecule has 0 saturated heterocycles. The summed E-state index contributed by atoms with van der Waals surface area (Å²) in [7, 11) is -2.67. The number of methoxy groups -OCH3 is 1. The Kier molecular flexibility index (Phi) is 6.93. The molecule has 0 aliphatic rings. The van der Waals surface area contributed by atoms with E-state index >= 15 is 0 Å². The van der Waals surface area contributed by atoms with E-state index in [-0.39, 0.29) is 22.0 Å². The first-order valence-electron chi connectivity index (χ1n) is 8.74. The van der Waals surface area contributed by atoms with Crippen molar-refractivity contribution in [2.24, 2.45) is 5.14 Å². The Bertz CT molecular complexity index is 998. The van der Waals surface area contributed by atoms with Gasteiger partial charge in [0.15, 0.2) is 6.61 Å². The lowest BCUT2D eigenvalue weighted by molar-refractivity contribution is 0.0471. The van der Waals surface area contributed by atoms with Gasteiger partial charge in [0.25, 0.3) is 0 Å². The van der Waals surface area contributed by atoms with Crippen LogP contribution in [-0.2, 0) is 27.6 Å². The molecule has 0 aliphatic carbocycles. The number of esters is 1. The SMILES string of the molecule is CCc1ccc(CC)c(C(=O)COC(=O)c2cc(S(N)(=O)=O)ccc2OC)c1. The molecule has 0 saturated carbocycles. The Labute approximate surface area is 164 Å². The average molecular weight is 405 g/mol. The van der Waals surface area contributed by atoms with Crippen LogP contribution in [0.25, 0.3) is 0 Å². The van der Waals surface area contributed by atoms with Crippen molar-refractivity contribution in [2.45, 2.75) is 31.6 Å². The minimum Gasteiger partial charge on any atom is -0.496 e. The molecule has 28 heavy (non-hydrogen) atoms. The normalized spacial score (nSPS) is 11.1. The molecule has 8 heteroatoms. The second kappa shape index (κ2) is 8.99. The Morgan fingerprint density at radius 2 is 1.71 bits per heavy atom. The predicted molar refractivity (Wildman–Crippen MR) is 104 cm³/mol. The van der Waals surface area contributed by atoms with Crippen LogP contribution in [0.4, 0.5) is 0 Å². The van der Waals surface area contributed by atoms with Gasteiger partial charge < -0.3 is 9.47 Å². The first kappa shape index (κ1) is 21.6. The monoisotopic (exact) mass is 405 g/mol. The van der Waals surface area contributed by atoms with E-state index in [1.54, 1.807) is 6.07 Å². The van der Waals surface area contributed by atoms with Crippen molar-refractivity contribution in [3.63, 3.8) is 0 Å². The molecular formula is C20H23NO6S. The standard InChI is InChI=1S/C20H23NO6S/c1-4-13-6-7-14(5-2)16(10-13)18(22)12-27-20(23)17-11-15(28(21,24)25)8-9-19(17)26-3/h6-11H,4-5,12H2,1-3H3,(H2,21,24,25).